The van der Waals surface area contributed by atoms with Gasteiger partial charge in [-0.05, 0) is 18.2 Å². The van der Waals surface area contributed by atoms with Crippen LogP contribution in [-0.4, -0.2) is 25.0 Å². The topological polar surface area (TPSA) is 63.2 Å². The van der Waals surface area contributed by atoms with Crippen LogP contribution in [0.15, 0.2) is 36.7 Å². The summed E-state index contributed by atoms with van der Waals surface area (Å²) in [5.41, 5.74) is 1.62. The van der Waals surface area contributed by atoms with Gasteiger partial charge in [0.25, 0.3) is 5.91 Å². The van der Waals surface area contributed by atoms with Crippen LogP contribution in [0.4, 0.5) is 11.4 Å². The van der Waals surface area contributed by atoms with E-state index in [1.807, 2.05) is 0 Å². The highest BCUT2D eigenvalue weighted by Gasteiger charge is 2.13. The monoisotopic (exact) mass is 291 g/mol. The fraction of sp³-hybridized carbons (Fsp3) is 0.143. The van der Waals surface area contributed by atoms with E-state index in [1.165, 1.54) is 6.20 Å². The third kappa shape index (κ3) is 3.00. The number of pyridine rings is 1. The quantitative estimate of drug-likeness (QED) is 0.909. The van der Waals surface area contributed by atoms with E-state index in [9.17, 15) is 4.79 Å². The van der Waals surface area contributed by atoms with Crippen LogP contribution < -0.4 is 15.4 Å². The number of amides is 1. The van der Waals surface area contributed by atoms with E-state index in [0.29, 0.717) is 27.7 Å². The van der Waals surface area contributed by atoms with E-state index >= 15 is 0 Å². The lowest BCUT2D eigenvalue weighted by Crippen LogP contribution is -2.14. The predicted octanol–water partition coefficient (Wildman–Crippen LogP) is 3.04. The van der Waals surface area contributed by atoms with Gasteiger partial charge >= 0.3 is 0 Å². The number of rotatable bonds is 4. The van der Waals surface area contributed by atoms with Gasteiger partial charge in [0.15, 0.2) is 0 Å². The Kier molecular flexibility index (Phi) is 4.42. The SMILES string of the molecule is CNc1ccncc1C(=O)Nc1cc(OC)ccc1Cl. The second-order valence-electron chi connectivity index (χ2n) is 3.97. The van der Waals surface area contributed by atoms with Crippen molar-refractivity contribution in [2.24, 2.45) is 0 Å². The number of anilines is 2. The molecule has 0 bridgehead atoms. The number of hydrogen-bond acceptors (Lipinski definition) is 4. The van der Waals surface area contributed by atoms with Crippen LogP contribution in [-0.2, 0) is 0 Å². The van der Waals surface area contributed by atoms with Crippen molar-refractivity contribution in [2.75, 3.05) is 24.8 Å². The van der Waals surface area contributed by atoms with Gasteiger partial charge in [-0.2, -0.15) is 0 Å². The molecule has 0 aliphatic carbocycles. The first kappa shape index (κ1) is 14.1. The van der Waals surface area contributed by atoms with Crippen molar-refractivity contribution in [3.63, 3.8) is 0 Å². The Morgan fingerprint density at radius 1 is 1.30 bits per heavy atom. The largest absolute Gasteiger partial charge is 0.497 e. The Morgan fingerprint density at radius 2 is 2.10 bits per heavy atom. The van der Waals surface area contributed by atoms with Gasteiger partial charge in [0.2, 0.25) is 0 Å². The molecule has 5 nitrogen and oxygen atoms in total. The summed E-state index contributed by atoms with van der Waals surface area (Å²) in [4.78, 5) is 16.2. The summed E-state index contributed by atoms with van der Waals surface area (Å²) < 4.78 is 5.11. The molecule has 0 unspecified atom stereocenters. The number of aromatic nitrogens is 1. The Bertz CT molecular complexity index is 632. The van der Waals surface area contributed by atoms with Crippen LogP contribution in [0.2, 0.25) is 5.02 Å². The molecule has 0 atom stereocenters. The van der Waals surface area contributed by atoms with Gasteiger partial charge in [-0.15, -0.1) is 0 Å². The third-order valence-corrected chi connectivity index (χ3v) is 3.09. The molecule has 0 fully saturated rings. The van der Waals surface area contributed by atoms with Gasteiger partial charge in [-0.25, -0.2) is 0 Å². The molecule has 2 rings (SSSR count). The predicted molar refractivity (Wildman–Crippen MR) is 79.7 cm³/mol. The number of carbonyl (C=O) groups excluding carboxylic acids is 1. The molecule has 1 amide bonds. The van der Waals surface area contributed by atoms with Crippen LogP contribution >= 0.6 is 11.6 Å². The van der Waals surface area contributed by atoms with Crippen molar-refractivity contribution in [2.45, 2.75) is 0 Å². The number of carbonyl (C=O) groups is 1. The molecule has 20 heavy (non-hydrogen) atoms. The first-order valence-electron chi connectivity index (χ1n) is 5.92. The standard InChI is InChI=1S/C14H14ClN3O2/c1-16-12-5-6-17-8-10(12)14(19)18-13-7-9(20-2)3-4-11(13)15/h3-8H,1-2H3,(H,16,17)(H,18,19). The Morgan fingerprint density at radius 3 is 2.80 bits per heavy atom. The van der Waals surface area contributed by atoms with Crippen LogP contribution in [0.3, 0.4) is 0 Å². The lowest BCUT2D eigenvalue weighted by molar-refractivity contribution is 0.102. The molecule has 1 heterocycles. The lowest BCUT2D eigenvalue weighted by Gasteiger charge is -2.11. The highest BCUT2D eigenvalue weighted by Crippen LogP contribution is 2.27. The fourth-order valence-electron chi connectivity index (χ4n) is 1.71. The molecule has 0 saturated heterocycles. The number of benzene rings is 1. The average molecular weight is 292 g/mol. The summed E-state index contributed by atoms with van der Waals surface area (Å²) in [7, 11) is 3.29. The molecule has 0 aliphatic rings. The minimum Gasteiger partial charge on any atom is -0.497 e. The summed E-state index contributed by atoms with van der Waals surface area (Å²) in [5, 5.41) is 6.12. The van der Waals surface area contributed by atoms with Crippen molar-refractivity contribution < 1.29 is 9.53 Å². The zero-order valence-electron chi connectivity index (χ0n) is 11.1. The van der Waals surface area contributed by atoms with Gasteiger partial charge in [-0.1, -0.05) is 11.6 Å². The van der Waals surface area contributed by atoms with Crippen molar-refractivity contribution in [1.82, 2.24) is 4.98 Å². The summed E-state index contributed by atoms with van der Waals surface area (Å²) in [6.07, 6.45) is 3.11. The van der Waals surface area contributed by atoms with Crippen LogP contribution in [0.1, 0.15) is 10.4 Å². The summed E-state index contributed by atoms with van der Waals surface area (Å²) in [6, 6.07) is 6.77. The van der Waals surface area contributed by atoms with Gasteiger partial charge < -0.3 is 15.4 Å². The number of hydrogen-bond donors (Lipinski definition) is 2. The average Bonchev–Trinajstić information content (AvgIpc) is 2.49. The zero-order chi connectivity index (χ0) is 14.5. The normalized spacial score (nSPS) is 9.95. The number of nitrogens with one attached hydrogen (secondary N) is 2. The van der Waals surface area contributed by atoms with Gasteiger partial charge in [0.1, 0.15) is 5.75 Å². The van der Waals surface area contributed by atoms with Crippen molar-refractivity contribution in [3.05, 3.63) is 47.2 Å². The number of methoxy groups -OCH3 is 1. The molecule has 104 valence electrons. The van der Waals surface area contributed by atoms with Crippen LogP contribution in [0.5, 0.6) is 5.75 Å². The first-order chi connectivity index (χ1) is 9.65. The van der Waals surface area contributed by atoms with Crippen molar-refractivity contribution >= 4 is 28.9 Å². The maximum Gasteiger partial charge on any atom is 0.259 e. The van der Waals surface area contributed by atoms with Gasteiger partial charge in [0.05, 0.1) is 23.4 Å². The molecule has 0 aliphatic heterocycles. The Hall–Kier alpha value is -2.27. The molecule has 2 N–H and O–H groups in total. The summed E-state index contributed by atoms with van der Waals surface area (Å²) in [6.45, 7) is 0. The van der Waals surface area contributed by atoms with E-state index in [-0.39, 0.29) is 5.91 Å². The van der Waals surface area contributed by atoms with Gasteiger partial charge in [0, 0.05) is 31.2 Å². The van der Waals surface area contributed by atoms with Crippen molar-refractivity contribution in [3.8, 4) is 5.75 Å². The second kappa shape index (κ2) is 6.25. The molecule has 0 spiro atoms. The summed E-state index contributed by atoms with van der Waals surface area (Å²) >= 11 is 6.06. The fourth-order valence-corrected chi connectivity index (χ4v) is 1.87. The molecule has 0 saturated carbocycles. The number of ether oxygens (including phenoxy) is 1. The van der Waals surface area contributed by atoms with Crippen LogP contribution in [0.25, 0.3) is 0 Å². The van der Waals surface area contributed by atoms with E-state index in [4.69, 9.17) is 16.3 Å². The Balaban J connectivity index is 2.27. The third-order valence-electron chi connectivity index (χ3n) is 2.76. The molecule has 2 aromatic rings. The highest BCUT2D eigenvalue weighted by molar-refractivity contribution is 6.34. The maximum atomic E-state index is 12.3. The molecule has 1 aromatic heterocycles. The first-order valence-corrected chi connectivity index (χ1v) is 6.30. The van der Waals surface area contributed by atoms with Crippen molar-refractivity contribution in [1.29, 1.82) is 0 Å². The maximum absolute atomic E-state index is 12.3. The molecule has 0 radical (unpaired) electrons. The van der Waals surface area contributed by atoms with E-state index in [1.54, 1.807) is 44.6 Å². The Labute approximate surface area is 121 Å². The van der Waals surface area contributed by atoms with Gasteiger partial charge in [-0.3, -0.25) is 9.78 Å². The zero-order valence-corrected chi connectivity index (χ0v) is 11.9. The molecular formula is C14H14ClN3O2. The highest BCUT2D eigenvalue weighted by atomic mass is 35.5. The lowest BCUT2D eigenvalue weighted by atomic mass is 10.2. The van der Waals surface area contributed by atoms with E-state index < -0.39 is 0 Å². The van der Waals surface area contributed by atoms with E-state index in [0.717, 1.165) is 0 Å². The summed E-state index contributed by atoms with van der Waals surface area (Å²) in [5.74, 6) is 0.322. The van der Waals surface area contributed by atoms with E-state index in [2.05, 4.69) is 15.6 Å². The van der Waals surface area contributed by atoms with Crippen LogP contribution in [0, 0.1) is 0 Å². The second-order valence-corrected chi connectivity index (χ2v) is 4.38. The minimum atomic E-state index is -0.294. The number of halogens is 1. The molecule has 6 heteroatoms. The minimum absolute atomic E-state index is 0.294. The molecular weight excluding hydrogens is 278 g/mol. The number of nitrogens with zero attached hydrogens (tertiary/aromatic N) is 1. The molecule has 1 aromatic carbocycles. The smallest absolute Gasteiger partial charge is 0.259 e.